The molecule has 2 saturated heterocycles. The molecule has 3 heterocycles. The highest BCUT2D eigenvalue weighted by atomic mass is 19.4. The number of nitrogens with one attached hydrogen (secondary N) is 1. The van der Waals surface area contributed by atoms with Crippen molar-refractivity contribution < 1.29 is 41.0 Å². The van der Waals surface area contributed by atoms with E-state index in [1.807, 2.05) is 0 Å². The Hall–Kier alpha value is -2.66. The standard InChI is InChI=1S/C23H20F6N2O3/c24-22(25,26)12-3-1-2-11(6-12)18-19(16-9-15(32)20(18)34-16)21(33)31-17-8-13(23(27,28)29)7-14(30-17)10-4-5-10/h1-3,6-8,10,15-16,18-20,32H,4-5,9H2,(H,30,31,33). The van der Waals surface area contributed by atoms with Crippen molar-refractivity contribution >= 4 is 11.7 Å². The number of amides is 1. The molecule has 0 spiro atoms. The number of alkyl halides is 6. The van der Waals surface area contributed by atoms with Crippen LogP contribution < -0.4 is 5.32 Å². The molecular formula is C23H20F6N2O3. The van der Waals surface area contributed by atoms with Crippen LogP contribution >= 0.6 is 0 Å². The van der Waals surface area contributed by atoms with Crippen LogP contribution in [0.2, 0.25) is 0 Å². The maximum Gasteiger partial charge on any atom is 0.416 e. The molecule has 1 amide bonds. The first-order valence-corrected chi connectivity index (χ1v) is 10.8. The molecule has 2 aliphatic heterocycles. The molecule has 3 aliphatic rings. The predicted octanol–water partition coefficient (Wildman–Crippen LogP) is 4.87. The Labute approximate surface area is 190 Å². The van der Waals surface area contributed by atoms with Crippen LogP contribution in [0.1, 0.15) is 53.5 Å². The Morgan fingerprint density at radius 2 is 1.74 bits per heavy atom. The van der Waals surface area contributed by atoms with Crippen molar-refractivity contribution in [2.24, 2.45) is 5.92 Å². The summed E-state index contributed by atoms with van der Waals surface area (Å²) >= 11 is 0. The van der Waals surface area contributed by atoms with Gasteiger partial charge in [0.2, 0.25) is 5.91 Å². The topological polar surface area (TPSA) is 71.5 Å². The van der Waals surface area contributed by atoms with Crippen molar-refractivity contribution in [1.82, 2.24) is 4.98 Å². The summed E-state index contributed by atoms with van der Waals surface area (Å²) in [7, 11) is 0. The molecule has 2 aromatic rings. The number of carbonyl (C=O) groups excluding carboxylic acids is 1. The van der Waals surface area contributed by atoms with Gasteiger partial charge in [-0.15, -0.1) is 0 Å². The van der Waals surface area contributed by atoms with Crippen LogP contribution in [0.5, 0.6) is 0 Å². The number of rotatable bonds is 4. The number of aromatic nitrogens is 1. The molecule has 1 saturated carbocycles. The van der Waals surface area contributed by atoms with Gasteiger partial charge in [0.05, 0.1) is 35.4 Å². The van der Waals surface area contributed by atoms with E-state index in [1.165, 1.54) is 12.1 Å². The predicted molar refractivity (Wildman–Crippen MR) is 107 cm³/mol. The average Bonchev–Trinajstić information content (AvgIpc) is 3.45. The normalized spacial score (nSPS) is 28.9. The maximum atomic E-state index is 13.4. The van der Waals surface area contributed by atoms with Crippen LogP contribution in [0.4, 0.5) is 32.2 Å². The van der Waals surface area contributed by atoms with Crippen LogP contribution in [0.3, 0.4) is 0 Å². The first-order valence-electron chi connectivity index (χ1n) is 10.8. The molecule has 1 aromatic carbocycles. The van der Waals surface area contributed by atoms with Gasteiger partial charge in [-0.25, -0.2) is 4.98 Å². The molecule has 1 aliphatic carbocycles. The number of aliphatic hydroxyl groups excluding tert-OH is 1. The lowest BCUT2D eigenvalue weighted by Gasteiger charge is -2.30. The second-order valence-electron chi connectivity index (χ2n) is 9.04. The summed E-state index contributed by atoms with van der Waals surface area (Å²) in [5.41, 5.74) is -1.44. The molecule has 182 valence electrons. The quantitative estimate of drug-likeness (QED) is 0.606. The lowest BCUT2D eigenvalue weighted by molar-refractivity contribution is -0.138. The summed E-state index contributed by atoms with van der Waals surface area (Å²) in [5.74, 6) is -2.98. The maximum absolute atomic E-state index is 13.4. The van der Waals surface area contributed by atoms with Gasteiger partial charge in [0.1, 0.15) is 5.82 Å². The number of halogens is 6. The lowest BCUT2D eigenvalue weighted by atomic mass is 9.73. The minimum absolute atomic E-state index is 0.0988. The minimum Gasteiger partial charge on any atom is -0.390 e. The van der Waals surface area contributed by atoms with Gasteiger partial charge in [-0.05, 0) is 36.6 Å². The highest BCUT2D eigenvalue weighted by Gasteiger charge is 2.57. The fourth-order valence-corrected chi connectivity index (χ4v) is 4.94. The van der Waals surface area contributed by atoms with E-state index in [1.54, 1.807) is 0 Å². The van der Waals surface area contributed by atoms with E-state index in [-0.39, 0.29) is 29.4 Å². The summed E-state index contributed by atoms with van der Waals surface area (Å²) in [4.78, 5) is 17.4. The number of aliphatic hydroxyl groups is 1. The Bertz CT molecular complexity index is 1110. The van der Waals surface area contributed by atoms with E-state index in [4.69, 9.17) is 4.74 Å². The third kappa shape index (κ3) is 4.26. The van der Waals surface area contributed by atoms with Crippen LogP contribution in [0, 0.1) is 5.92 Å². The molecule has 5 rings (SSSR count). The zero-order valence-electron chi connectivity index (χ0n) is 17.5. The Balaban J connectivity index is 1.46. The Kier molecular flexibility index (Phi) is 5.40. The van der Waals surface area contributed by atoms with E-state index in [2.05, 4.69) is 10.3 Å². The highest BCUT2D eigenvalue weighted by molar-refractivity contribution is 5.93. The van der Waals surface area contributed by atoms with Crippen LogP contribution in [-0.4, -0.2) is 34.3 Å². The van der Waals surface area contributed by atoms with Crippen molar-refractivity contribution in [1.29, 1.82) is 0 Å². The zero-order valence-corrected chi connectivity index (χ0v) is 17.5. The third-order valence-electron chi connectivity index (χ3n) is 6.65. The Morgan fingerprint density at radius 1 is 1.03 bits per heavy atom. The smallest absolute Gasteiger partial charge is 0.390 e. The number of hydrogen-bond acceptors (Lipinski definition) is 4. The van der Waals surface area contributed by atoms with Crippen LogP contribution in [-0.2, 0) is 21.9 Å². The van der Waals surface area contributed by atoms with Crippen LogP contribution in [0.25, 0.3) is 0 Å². The van der Waals surface area contributed by atoms with Crippen molar-refractivity contribution in [2.75, 3.05) is 5.32 Å². The second kappa shape index (κ2) is 7.94. The molecule has 2 N–H and O–H groups in total. The lowest BCUT2D eigenvalue weighted by Crippen LogP contribution is -2.41. The summed E-state index contributed by atoms with van der Waals surface area (Å²) in [6.07, 6.45) is -10.4. The summed E-state index contributed by atoms with van der Waals surface area (Å²) in [5, 5.41) is 12.7. The van der Waals surface area contributed by atoms with E-state index in [0.29, 0.717) is 12.8 Å². The van der Waals surface area contributed by atoms with Gasteiger partial charge in [0.15, 0.2) is 0 Å². The zero-order chi connectivity index (χ0) is 24.4. The molecule has 1 aromatic heterocycles. The molecule has 11 heteroatoms. The number of nitrogens with zero attached hydrogens (tertiary/aromatic N) is 1. The number of carbonyl (C=O) groups is 1. The van der Waals surface area contributed by atoms with Crippen molar-refractivity contribution in [3.63, 3.8) is 0 Å². The van der Waals surface area contributed by atoms with Gasteiger partial charge in [-0.3, -0.25) is 4.79 Å². The fourth-order valence-electron chi connectivity index (χ4n) is 4.94. The molecule has 2 bridgehead atoms. The van der Waals surface area contributed by atoms with Gasteiger partial charge < -0.3 is 15.2 Å². The van der Waals surface area contributed by atoms with Crippen LogP contribution in [0.15, 0.2) is 36.4 Å². The van der Waals surface area contributed by atoms with Gasteiger partial charge >= 0.3 is 12.4 Å². The van der Waals surface area contributed by atoms with E-state index < -0.39 is 59.5 Å². The second-order valence-corrected chi connectivity index (χ2v) is 9.04. The number of fused-ring (bicyclic) bond motifs is 2. The summed E-state index contributed by atoms with van der Waals surface area (Å²) in [6.45, 7) is 0. The van der Waals surface area contributed by atoms with Crippen molar-refractivity contribution in [3.8, 4) is 0 Å². The number of hydrogen-bond donors (Lipinski definition) is 2. The number of pyridine rings is 1. The third-order valence-corrected chi connectivity index (χ3v) is 6.65. The van der Waals surface area contributed by atoms with Gasteiger partial charge in [0, 0.05) is 24.0 Å². The fraction of sp³-hybridized carbons (Fsp3) is 0.478. The van der Waals surface area contributed by atoms with E-state index >= 15 is 0 Å². The first kappa shape index (κ1) is 23.1. The first-order chi connectivity index (χ1) is 15.9. The monoisotopic (exact) mass is 486 g/mol. The van der Waals surface area contributed by atoms with Gasteiger partial charge in [-0.2, -0.15) is 26.3 Å². The minimum atomic E-state index is -4.63. The molecule has 3 fully saturated rings. The SMILES string of the molecule is O=C(Nc1cc(C(F)(F)F)cc(C2CC2)n1)C1C2CC(O)C(O2)C1c1cccc(C(F)(F)F)c1. The molecule has 5 nitrogen and oxygen atoms in total. The Morgan fingerprint density at radius 3 is 2.38 bits per heavy atom. The summed E-state index contributed by atoms with van der Waals surface area (Å²) in [6, 6.07) is 6.15. The van der Waals surface area contributed by atoms with Gasteiger partial charge in [-0.1, -0.05) is 18.2 Å². The average molecular weight is 486 g/mol. The summed E-state index contributed by atoms with van der Waals surface area (Å²) < 4.78 is 85.6. The molecule has 5 unspecified atom stereocenters. The number of anilines is 1. The van der Waals surface area contributed by atoms with Crippen molar-refractivity contribution in [3.05, 3.63) is 58.8 Å². The van der Waals surface area contributed by atoms with Gasteiger partial charge in [0.25, 0.3) is 0 Å². The molecular weight excluding hydrogens is 466 g/mol. The van der Waals surface area contributed by atoms with E-state index in [0.717, 1.165) is 24.3 Å². The molecule has 34 heavy (non-hydrogen) atoms. The highest BCUT2D eigenvalue weighted by Crippen LogP contribution is 2.50. The molecule has 0 radical (unpaired) electrons. The molecule has 5 atom stereocenters. The van der Waals surface area contributed by atoms with Crippen molar-refractivity contribution in [2.45, 2.75) is 61.8 Å². The van der Waals surface area contributed by atoms with E-state index in [9.17, 15) is 36.2 Å². The number of benzene rings is 1. The largest absolute Gasteiger partial charge is 0.416 e. The number of ether oxygens (including phenoxy) is 1.